The van der Waals surface area contributed by atoms with Crippen LogP contribution >= 0.6 is 0 Å². The van der Waals surface area contributed by atoms with E-state index >= 15 is 0 Å². The zero-order valence-electron chi connectivity index (χ0n) is 10.8. The summed E-state index contributed by atoms with van der Waals surface area (Å²) < 4.78 is 9.55. The summed E-state index contributed by atoms with van der Waals surface area (Å²) in [6.45, 7) is 3.33. The van der Waals surface area contributed by atoms with Gasteiger partial charge in [-0.25, -0.2) is 4.79 Å². The molecule has 1 fully saturated rings. The van der Waals surface area contributed by atoms with Crippen molar-refractivity contribution in [3.8, 4) is 0 Å². The van der Waals surface area contributed by atoms with Crippen molar-refractivity contribution >= 4 is 12.0 Å². The van der Waals surface area contributed by atoms with Gasteiger partial charge in [-0.05, 0) is 19.8 Å². The minimum absolute atomic E-state index is 0.0508. The first-order valence-corrected chi connectivity index (χ1v) is 6.33. The van der Waals surface area contributed by atoms with Crippen LogP contribution in [0.1, 0.15) is 30.3 Å². The molecule has 1 aliphatic rings. The third kappa shape index (κ3) is 3.46. The summed E-state index contributed by atoms with van der Waals surface area (Å²) in [7, 11) is 0. The van der Waals surface area contributed by atoms with Crippen LogP contribution in [0.15, 0.2) is 16.9 Å². The van der Waals surface area contributed by atoms with Crippen LogP contribution in [0, 0.1) is 0 Å². The highest BCUT2D eigenvalue weighted by Crippen LogP contribution is 2.12. The van der Waals surface area contributed by atoms with Crippen LogP contribution in [0.3, 0.4) is 0 Å². The van der Waals surface area contributed by atoms with E-state index in [1.165, 1.54) is 12.3 Å². The Morgan fingerprint density at radius 2 is 2.26 bits per heavy atom. The molecule has 1 N–H and O–H groups in total. The molecule has 0 radical (unpaired) electrons. The maximum Gasteiger partial charge on any atom is 0.409 e. The fourth-order valence-electron chi connectivity index (χ4n) is 2.01. The van der Waals surface area contributed by atoms with E-state index in [0.717, 1.165) is 0 Å². The summed E-state index contributed by atoms with van der Waals surface area (Å²) in [4.78, 5) is 24.9. The highest BCUT2D eigenvalue weighted by molar-refractivity contribution is 5.92. The van der Waals surface area contributed by atoms with E-state index in [0.29, 0.717) is 32.5 Å². The van der Waals surface area contributed by atoms with Crippen molar-refractivity contribution in [2.45, 2.75) is 25.8 Å². The molecule has 0 saturated carbocycles. The molecule has 1 aliphatic heterocycles. The molecular formula is C12H17N3O4. The first kappa shape index (κ1) is 13.4. The smallest absolute Gasteiger partial charge is 0.409 e. The zero-order chi connectivity index (χ0) is 13.7. The molecule has 0 aliphatic carbocycles. The topological polar surface area (TPSA) is 84.7 Å². The molecule has 0 spiro atoms. The molecule has 1 aromatic heterocycles. The van der Waals surface area contributed by atoms with Crippen molar-refractivity contribution in [3.05, 3.63) is 18.0 Å². The molecule has 7 nitrogen and oxygen atoms in total. The van der Waals surface area contributed by atoms with Gasteiger partial charge < -0.3 is 19.5 Å². The van der Waals surface area contributed by atoms with E-state index in [2.05, 4.69) is 15.0 Å². The first-order chi connectivity index (χ1) is 9.20. The lowest BCUT2D eigenvalue weighted by Crippen LogP contribution is -2.46. The average molecular weight is 267 g/mol. The Hall–Kier alpha value is -2.05. The second kappa shape index (κ2) is 6.21. The summed E-state index contributed by atoms with van der Waals surface area (Å²) >= 11 is 0. The van der Waals surface area contributed by atoms with Gasteiger partial charge in [-0.15, -0.1) is 0 Å². The number of nitrogens with one attached hydrogen (secondary N) is 1. The summed E-state index contributed by atoms with van der Waals surface area (Å²) in [5, 5.41) is 6.45. The average Bonchev–Trinajstić information content (AvgIpc) is 2.94. The molecule has 1 saturated heterocycles. The van der Waals surface area contributed by atoms with Gasteiger partial charge >= 0.3 is 6.09 Å². The van der Waals surface area contributed by atoms with Gasteiger partial charge in [0.15, 0.2) is 5.69 Å². The second-order valence-corrected chi connectivity index (χ2v) is 4.32. The number of amides is 2. The van der Waals surface area contributed by atoms with E-state index < -0.39 is 0 Å². The number of aromatic nitrogens is 1. The minimum atomic E-state index is -0.288. The van der Waals surface area contributed by atoms with E-state index in [1.807, 2.05) is 0 Å². The van der Waals surface area contributed by atoms with Crippen molar-refractivity contribution in [3.63, 3.8) is 0 Å². The van der Waals surface area contributed by atoms with Crippen molar-refractivity contribution in [2.75, 3.05) is 19.7 Å². The van der Waals surface area contributed by atoms with Crippen LogP contribution < -0.4 is 5.32 Å². The molecule has 0 atom stereocenters. The van der Waals surface area contributed by atoms with E-state index in [9.17, 15) is 9.59 Å². The van der Waals surface area contributed by atoms with Gasteiger partial charge in [0.05, 0.1) is 6.61 Å². The Morgan fingerprint density at radius 1 is 1.53 bits per heavy atom. The zero-order valence-corrected chi connectivity index (χ0v) is 10.8. The molecule has 0 aromatic carbocycles. The second-order valence-electron chi connectivity index (χ2n) is 4.32. The van der Waals surface area contributed by atoms with Gasteiger partial charge in [0, 0.05) is 25.2 Å². The molecule has 0 bridgehead atoms. The standard InChI is InChI=1S/C12H17N3O4/c1-2-18-12(17)15-6-3-9(4-7-15)13-11(16)10-5-8-19-14-10/h5,8-9H,2-4,6-7H2,1H3,(H,13,16). The van der Waals surface area contributed by atoms with Crippen LogP contribution in [-0.2, 0) is 4.74 Å². The third-order valence-electron chi connectivity index (χ3n) is 3.03. The highest BCUT2D eigenvalue weighted by Gasteiger charge is 2.25. The van der Waals surface area contributed by atoms with Gasteiger partial charge in [0.1, 0.15) is 6.26 Å². The Balaban J connectivity index is 1.77. The fraction of sp³-hybridized carbons (Fsp3) is 0.583. The Bertz CT molecular complexity index is 424. The Morgan fingerprint density at radius 3 is 2.84 bits per heavy atom. The molecule has 2 heterocycles. The lowest BCUT2D eigenvalue weighted by Gasteiger charge is -2.31. The van der Waals surface area contributed by atoms with Gasteiger partial charge in [0.25, 0.3) is 5.91 Å². The van der Waals surface area contributed by atoms with Crippen LogP contribution in [0.25, 0.3) is 0 Å². The molecule has 2 rings (SSSR count). The summed E-state index contributed by atoms with van der Waals surface area (Å²) in [5.41, 5.74) is 0.271. The van der Waals surface area contributed by atoms with Crippen molar-refractivity contribution < 1.29 is 18.8 Å². The molecule has 2 amide bonds. The quantitative estimate of drug-likeness (QED) is 0.884. The summed E-state index contributed by atoms with van der Waals surface area (Å²) in [6.07, 6.45) is 2.49. The Kier molecular flexibility index (Phi) is 4.38. The number of likely N-dealkylation sites (tertiary alicyclic amines) is 1. The maximum atomic E-state index is 11.8. The number of ether oxygens (including phenoxy) is 1. The highest BCUT2D eigenvalue weighted by atomic mass is 16.6. The van der Waals surface area contributed by atoms with Crippen LogP contribution in [0.5, 0.6) is 0 Å². The van der Waals surface area contributed by atoms with Gasteiger partial charge in [-0.3, -0.25) is 4.79 Å². The number of hydrogen-bond donors (Lipinski definition) is 1. The van der Waals surface area contributed by atoms with Gasteiger partial charge in [0.2, 0.25) is 0 Å². The number of carbonyl (C=O) groups is 2. The monoisotopic (exact) mass is 267 g/mol. The first-order valence-electron chi connectivity index (χ1n) is 6.33. The Labute approximate surface area is 110 Å². The molecular weight excluding hydrogens is 250 g/mol. The van der Waals surface area contributed by atoms with E-state index in [1.54, 1.807) is 11.8 Å². The minimum Gasteiger partial charge on any atom is -0.450 e. The molecule has 104 valence electrons. The molecule has 1 aromatic rings. The van der Waals surface area contributed by atoms with Crippen LogP contribution in [0.2, 0.25) is 0 Å². The van der Waals surface area contributed by atoms with Crippen LogP contribution in [0.4, 0.5) is 4.79 Å². The number of piperidine rings is 1. The lowest BCUT2D eigenvalue weighted by atomic mass is 10.1. The SMILES string of the molecule is CCOC(=O)N1CCC(NC(=O)c2ccon2)CC1. The van der Waals surface area contributed by atoms with Gasteiger partial charge in [-0.2, -0.15) is 0 Å². The maximum absolute atomic E-state index is 11.8. The van der Waals surface area contributed by atoms with E-state index in [4.69, 9.17) is 4.74 Å². The normalized spacial score (nSPS) is 16.2. The number of hydrogen-bond acceptors (Lipinski definition) is 5. The van der Waals surface area contributed by atoms with Gasteiger partial charge in [-0.1, -0.05) is 5.16 Å². The number of rotatable bonds is 3. The summed E-state index contributed by atoms with van der Waals surface area (Å²) in [5.74, 6) is -0.247. The van der Waals surface area contributed by atoms with Crippen molar-refractivity contribution in [1.29, 1.82) is 0 Å². The van der Waals surface area contributed by atoms with E-state index in [-0.39, 0.29) is 23.7 Å². The molecule has 7 heteroatoms. The largest absolute Gasteiger partial charge is 0.450 e. The van der Waals surface area contributed by atoms with Crippen molar-refractivity contribution in [2.24, 2.45) is 0 Å². The number of nitrogens with zero attached hydrogens (tertiary/aromatic N) is 2. The molecule has 19 heavy (non-hydrogen) atoms. The third-order valence-corrected chi connectivity index (χ3v) is 3.03. The number of carbonyl (C=O) groups excluding carboxylic acids is 2. The summed E-state index contributed by atoms with van der Waals surface area (Å²) in [6, 6.07) is 1.57. The predicted octanol–water partition coefficient (Wildman–Crippen LogP) is 1.03. The fourth-order valence-corrected chi connectivity index (χ4v) is 2.01. The molecule has 0 unspecified atom stereocenters. The van der Waals surface area contributed by atoms with Crippen LogP contribution in [-0.4, -0.2) is 47.8 Å². The lowest BCUT2D eigenvalue weighted by molar-refractivity contribution is 0.0854. The van der Waals surface area contributed by atoms with Crippen molar-refractivity contribution in [1.82, 2.24) is 15.4 Å². The predicted molar refractivity (Wildman–Crippen MR) is 65.6 cm³/mol.